The fourth-order valence-electron chi connectivity index (χ4n) is 3.00. The van der Waals surface area contributed by atoms with Crippen LogP contribution >= 0.6 is 23.8 Å². The third-order valence-electron chi connectivity index (χ3n) is 4.55. The number of nitro groups is 1. The molecule has 0 unspecified atom stereocenters. The summed E-state index contributed by atoms with van der Waals surface area (Å²) in [4.78, 5) is 27.2. The first-order valence-electron chi connectivity index (χ1n) is 9.34. The van der Waals surface area contributed by atoms with E-state index >= 15 is 0 Å². The molecule has 0 fully saturated rings. The number of halogens is 1. The van der Waals surface area contributed by atoms with Crippen molar-refractivity contribution in [3.05, 3.63) is 86.9 Å². The van der Waals surface area contributed by atoms with E-state index in [0.717, 1.165) is 11.1 Å². The highest BCUT2D eigenvalue weighted by atomic mass is 35.5. The summed E-state index contributed by atoms with van der Waals surface area (Å²) in [7, 11) is 0. The Morgan fingerprint density at radius 1 is 1.16 bits per heavy atom. The number of nitrogens with one attached hydrogen (secondary N) is 2. The maximum Gasteiger partial charge on any atom is 0.270 e. The Balaban J connectivity index is 1.52. The highest BCUT2D eigenvalue weighted by Gasteiger charge is 2.15. The van der Waals surface area contributed by atoms with Crippen LogP contribution in [0, 0.1) is 17.0 Å². The molecule has 0 aliphatic heterocycles. The van der Waals surface area contributed by atoms with E-state index in [2.05, 4.69) is 15.6 Å². The number of aryl methyl sites for hydroxylation is 1. The minimum Gasteiger partial charge on any atom is -0.436 e. The van der Waals surface area contributed by atoms with Gasteiger partial charge in [0.1, 0.15) is 5.52 Å². The van der Waals surface area contributed by atoms with Gasteiger partial charge in [0.05, 0.1) is 15.6 Å². The second-order valence-corrected chi connectivity index (χ2v) is 7.72. The zero-order valence-corrected chi connectivity index (χ0v) is 18.2. The maximum atomic E-state index is 12.4. The molecule has 8 nitrogen and oxygen atoms in total. The van der Waals surface area contributed by atoms with E-state index in [9.17, 15) is 14.9 Å². The van der Waals surface area contributed by atoms with Crippen molar-refractivity contribution in [1.29, 1.82) is 0 Å². The van der Waals surface area contributed by atoms with E-state index in [1.807, 2.05) is 25.1 Å². The van der Waals surface area contributed by atoms with Crippen molar-refractivity contribution in [2.45, 2.75) is 6.92 Å². The normalized spacial score (nSPS) is 10.7. The average Bonchev–Trinajstić information content (AvgIpc) is 3.18. The highest BCUT2D eigenvalue weighted by molar-refractivity contribution is 7.80. The lowest BCUT2D eigenvalue weighted by Crippen LogP contribution is -2.34. The van der Waals surface area contributed by atoms with Crippen molar-refractivity contribution >= 4 is 57.3 Å². The molecule has 0 saturated carbocycles. The molecule has 1 aromatic heterocycles. The van der Waals surface area contributed by atoms with Crippen LogP contribution in [0.1, 0.15) is 15.9 Å². The van der Waals surface area contributed by atoms with Gasteiger partial charge in [-0.25, -0.2) is 4.98 Å². The first kappa shape index (κ1) is 21.4. The molecule has 10 heteroatoms. The van der Waals surface area contributed by atoms with E-state index in [0.29, 0.717) is 27.7 Å². The number of hydrogen-bond donors (Lipinski definition) is 2. The van der Waals surface area contributed by atoms with Crippen LogP contribution in [-0.4, -0.2) is 20.9 Å². The number of amides is 1. The number of thiocarbonyl (C=S) groups is 1. The van der Waals surface area contributed by atoms with Crippen LogP contribution < -0.4 is 10.6 Å². The van der Waals surface area contributed by atoms with Gasteiger partial charge in [0, 0.05) is 23.3 Å². The summed E-state index contributed by atoms with van der Waals surface area (Å²) in [6, 6.07) is 16.2. The van der Waals surface area contributed by atoms with Gasteiger partial charge in [-0.1, -0.05) is 23.7 Å². The largest absolute Gasteiger partial charge is 0.436 e. The Kier molecular flexibility index (Phi) is 5.85. The number of nitro benzene ring substituents is 1. The molecule has 2 N–H and O–H groups in total. The number of non-ortho nitro benzene ring substituents is 1. The maximum absolute atomic E-state index is 12.4. The lowest BCUT2D eigenvalue weighted by atomic mass is 10.2. The Labute approximate surface area is 192 Å². The van der Waals surface area contributed by atoms with Gasteiger partial charge in [-0.2, -0.15) is 0 Å². The van der Waals surface area contributed by atoms with Crippen molar-refractivity contribution < 1.29 is 14.1 Å². The topological polar surface area (TPSA) is 110 Å². The molecular weight excluding hydrogens is 452 g/mol. The quantitative estimate of drug-likeness (QED) is 0.232. The number of rotatable bonds is 4. The molecule has 4 rings (SSSR count). The third-order valence-corrected chi connectivity index (χ3v) is 5.08. The number of carbonyl (C=O) groups excluding carboxylic acids is 1. The van der Waals surface area contributed by atoms with Crippen LogP contribution in [-0.2, 0) is 0 Å². The number of benzene rings is 3. The number of fused-ring (bicyclic) bond motifs is 1. The van der Waals surface area contributed by atoms with Crippen LogP contribution in [0.5, 0.6) is 0 Å². The number of hydrogen-bond acceptors (Lipinski definition) is 6. The Morgan fingerprint density at radius 2 is 1.97 bits per heavy atom. The number of aromatic nitrogens is 1. The van der Waals surface area contributed by atoms with Crippen LogP contribution in [0.25, 0.3) is 22.6 Å². The Bertz CT molecular complexity index is 1390. The molecule has 4 aromatic rings. The molecule has 0 spiro atoms. The summed E-state index contributed by atoms with van der Waals surface area (Å²) in [6.45, 7) is 1.97. The Morgan fingerprint density at radius 3 is 2.75 bits per heavy atom. The lowest BCUT2D eigenvalue weighted by molar-refractivity contribution is -0.384. The van der Waals surface area contributed by atoms with Gasteiger partial charge in [0.2, 0.25) is 5.89 Å². The van der Waals surface area contributed by atoms with Crippen molar-refractivity contribution in [2.75, 3.05) is 5.32 Å². The minimum absolute atomic E-state index is 0.0197. The Hall–Kier alpha value is -3.82. The zero-order chi connectivity index (χ0) is 22.8. The number of nitrogens with zero attached hydrogens (tertiary/aromatic N) is 2. The van der Waals surface area contributed by atoms with E-state index in [4.69, 9.17) is 28.2 Å². The van der Waals surface area contributed by atoms with Gasteiger partial charge >= 0.3 is 0 Å². The molecule has 160 valence electrons. The molecule has 0 radical (unpaired) electrons. The molecule has 0 bridgehead atoms. The fraction of sp³-hybridized carbons (Fsp3) is 0.0455. The van der Waals surface area contributed by atoms with Gasteiger partial charge in [0.25, 0.3) is 11.6 Å². The molecule has 1 heterocycles. The first-order chi connectivity index (χ1) is 15.3. The van der Waals surface area contributed by atoms with E-state index in [-0.39, 0.29) is 16.4 Å². The third kappa shape index (κ3) is 4.58. The van der Waals surface area contributed by atoms with Crippen molar-refractivity contribution in [3.63, 3.8) is 0 Å². The number of anilines is 1. The van der Waals surface area contributed by atoms with Gasteiger partial charge in [-0.3, -0.25) is 20.2 Å². The van der Waals surface area contributed by atoms with Crippen molar-refractivity contribution in [1.82, 2.24) is 10.3 Å². The second-order valence-electron chi connectivity index (χ2n) is 6.90. The molecule has 3 aromatic carbocycles. The van der Waals surface area contributed by atoms with Crippen LogP contribution in [0.4, 0.5) is 11.4 Å². The van der Waals surface area contributed by atoms with E-state index in [1.54, 1.807) is 18.2 Å². The van der Waals surface area contributed by atoms with Crippen molar-refractivity contribution in [3.8, 4) is 11.5 Å². The predicted molar refractivity (Wildman–Crippen MR) is 126 cm³/mol. The molecule has 32 heavy (non-hydrogen) atoms. The molecule has 0 aliphatic carbocycles. The molecule has 0 atom stereocenters. The molecule has 0 saturated heterocycles. The van der Waals surface area contributed by atoms with Crippen LogP contribution in [0.3, 0.4) is 0 Å². The van der Waals surface area contributed by atoms with Gasteiger partial charge in [0.15, 0.2) is 10.7 Å². The average molecular weight is 467 g/mol. The summed E-state index contributed by atoms with van der Waals surface area (Å²) in [6.07, 6.45) is 0. The first-order valence-corrected chi connectivity index (χ1v) is 10.1. The standard InChI is InChI=1S/C22H15ClN4O4S/c1-12-5-8-19-18(9-12)24-21(31-19)14-6-7-16(23)17(11-14)25-22(32)26-20(28)13-3-2-4-15(10-13)27(29)30/h2-11H,1H3,(H2,25,26,28,32). The molecule has 1 amide bonds. The van der Waals surface area contributed by atoms with E-state index in [1.165, 1.54) is 24.3 Å². The summed E-state index contributed by atoms with van der Waals surface area (Å²) >= 11 is 11.5. The van der Waals surface area contributed by atoms with Gasteiger partial charge < -0.3 is 9.73 Å². The molecular formula is C22H15ClN4O4S. The van der Waals surface area contributed by atoms with Crippen LogP contribution in [0.15, 0.2) is 65.1 Å². The smallest absolute Gasteiger partial charge is 0.270 e. The van der Waals surface area contributed by atoms with Gasteiger partial charge in [-0.15, -0.1) is 0 Å². The lowest BCUT2D eigenvalue weighted by Gasteiger charge is -2.11. The monoisotopic (exact) mass is 466 g/mol. The number of carbonyl (C=O) groups is 1. The minimum atomic E-state index is -0.590. The zero-order valence-electron chi connectivity index (χ0n) is 16.6. The van der Waals surface area contributed by atoms with E-state index < -0.39 is 10.8 Å². The summed E-state index contributed by atoms with van der Waals surface area (Å²) < 4.78 is 5.82. The predicted octanol–water partition coefficient (Wildman–Crippen LogP) is 5.49. The second kappa shape index (κ2) is 8.74. The fourth-order valence-corrected chi connectivity index (χ4v) is 3.37. The summed E-state index contributed by atoms with van der Waals surface area (Å²) in [5.74, 6) is -0.176. The van der Waals surface area contributed by atoms with Crippen molar-refractivity contribution in [2.24, 2.45) is 0 Å². The summed E-state index contributed by atoms with van der Waals surface area (Å²) in [5, 5.41) is 16.6. The number of oxazole rings is 1. The SMILES string of the molecule is Cc1ccc2oc(-c3ccc(Cl)c(NC(=S)NC(=O)c4cccc([N+](=O)[O-])c4)c3)nc2c1. The summed E-state index contributed by atoms with van der Waals surface area (Å²) in [5.41, 5.74) is 3.48. The molecule has 0 aliphatic rings. The highest BCUT2D eigenvalue weighted by Crippen LogP contribution is 2.30. The van der Waals surface area contributed by atoms with Gasteiger partial charge in [-0.05, 0) is 61.1 Å². The van der Waals surface area contributed by atoms with Crippen LogP contribution in [0.2, 0.25) is 5.02 Å².